The molecule has 0 atom stereocenters. The molecular weight excluding hydrogens is 300 g/mol. The lowest BCUT2D eigenvalue weighted by Crippen LogP contribution is -2.39. The molecule has 2 rings (SSSR count). The number of hydrogen-bond acceptors (Lipinski definition) is 2. The van der Waals surface area contributed by atoms with E-state index in [9.17, 15) is 9.59 Å². The molecule has 1 aliphatic rings. The summed E-state index contributed by atoms with van der Waals surface area (Å²) in [7, 11) is 0. The number of benzene rings is 1. The number of rotatable bonds is 7. The maximum atomic E-state index is 12.4. The van der Waals surface area contributed by atoms with Crippen LogP contribution in [0.1, 0.15) is 56.3 Å². The third-order valence-electron chi connectivity index (χ3n) is 5.13. The summed E-state index contributed by atoms with van der Waals surface area (Å²) in [6.07, 6.45) is 4.88. The predicted octanol–water partition coefficient (Wildman–Crippen LogP) is 3.48. The fraction of sp³-hybridized carbons (Fsp3) is 0.600. The highest BCUT2D eigenvalue weighted by Crippen LogP contribution is 2.21. The number of hydrogen-bond donors (Lipinski definition) is 1. The molecule has 1 N–H and O–H groups in total. The van der Waals surface area contributed by atoms with Crippen molar-refractivity contribution in [3.05, 3.63) is 35.9 Å². The monoisotopic (exact) mass is 330 g/mol. The van der Waals surface area contributed by atoms with Crippen LogP contribution < -0.4 is 5.32 Å². The lowest BCUT2D eigenvalue weighted by atomic mass is 9.93. The topological polar surface area (TPSA) is 49.4 Å². The van der Waals surface area contributed by atoms with Gasteiger partial charge in [-0.15, -0.1) is 0 Å². The second kappa shape index (κ2) is 9.45. The average molecular weight is 330 g/mol. The van der Waals surface area contributed by atoms with E-state index in [-0.39, 0.29) is 17.7 Å². The molecule has 4 heteroatoms. The maximum absolute atomic E-state index is 12.4. The first-order valence-electron chi connectivity index (χ1n) is 9.27. The Kier molecular flexibility index (Phi) is 7.29. The maximum Gasteiger partial charge on any atom is 0.253 e. The number of carbonyl (C=O) groups excluding carboxylic acids is 2. The van der Waals surface area contributed by atoms with Crippen molar-refractivity contribution >= 4 is 11.8 Å². The Morgan fingerprint density at radius 3 is 2.33 bits per heavy atom. The normalized spacial score (nSPS) is 15.5. The van der Waals surface area contributed by atoms with Crippen LogP contribution in [0, 0.1) is 11.8 Å². The van der Waals surface area contributed by atoms with Gasteiger partial charge in [-0.05, 0) is 50.2 Å². The molecule has 0 aromatic heterocycles. The first-order chi connectivity index (χ1) is 11.7. The molecule has 1 saturated heterocycles. The summed E-state index contributed by atoms with van der Waals surface area (Å²) in [6, 6.07) is 9.49. The minimum absolute atomic E-state index is 0.135. The lowest BCUT2D eigenvalue weighted by Gasteiger charge is -2.32. The van der Waals surface area contributed by atoms with E-state index in [1.165, 1.54) is 0 Å². The standard InChI is InChI=1S/C20H30N2O2/c1-3-17(4-2)19(23)21-13-10-16-11-14-22(15-12-16)20(24)18-8-6-5-7-9-18/h5-9,16-17H,3-4,10-15H2,1-2H3,(H,21,23). The molecule has 0 saturated carbocycles. The molecule has 0 unspecified atom stereocenters. The lowest BCUT2D eigenvalue weighted by molar-refractivity contribution is -0.125. The van der Waals surface area contributed by atoms with Crippen molar-refractivity contribution in [1.29, 1.82) is 0 Å². The van der Waals surface area contributed by atoms with Gasteiger partial charge in [-0.25, -0.2) is 0 Å². The fourth-order valence-electron chi connectivity index (χ4n) is 3.39. The molecule has 1 heterocycles. The Labute approximate surface area is 145 Å². The van der Waals surface area contributed by atoms with Gasteiger partial charge in [-0.3, -0.25) is 9.59 Å². The number of likely N-dealkylation sites (tertiary alicyclic amines) is 1. The summed E-state index contributed by atoms with van der Waals surface area (Å²) in [5.41, 5.74) is 0.772. The van der Waals surface area contributed by atoms with Gasteiger partial charge in [0.2, 0.25) is 5.91 Å². The van der Waals surface area contributed by atoms with E-state index in [2.05, 4.69) is 19.2 Å². The van der Waals surface area contributed by atoms with Gasteiger partial charge < -0.3 is 10.2 Å². The van der Waals surface area contributed by atoms with Crippen molar-refractivity contribution in [2.24, 2.45) is 11.8 Å². The molecule has 1 aromatic carbocycles. The summed E-state index contributed by atoms with van der Waals surface area (Å²) < 4.78 is 0. The first kappa shape index (κ1) is 18.5. The zero-order valence-corrected chi connectivity index (χ0v) is 15.0. The quantitative estimate of drug-likeness (QED) is 0.832. The highest BCUT2D eigenvalue weighted by Gasteiger charge is 2.23. The molecule has 1 fully saturated rings. The molecule has 2 amide bonds. The Hall–Kier alpha value is -1.84. The van der Waals surface area contributed by atoms with Gasteiger partial charge in [-0.2, -0.15) is 0 Å². The van der Waals surface area contributed by atoms with Crippen molar-refractivity contribution < 1.29 is 9.59 Å². The zero-order chi connectivity index (χ0) is 17.4. The van der Waals surface area contributed by atoms with Crippen LogP contribution in [0.5, 0.6) is 0 Å². The van der Waals surface area contributed by atoms with Crippen LogP contribution in [-0.2, 0) is 4.79 Å². The summed E-state index contributed by atoms with van der Waals surface area (Å²) in [5, 5.41) is 3.07. The van der Waals surface area contributed by atoms with Gasteiger partial charge in [-0.1, -0.05) is 32.0 Å². The van der Waals surface area contributed by atoms with E-state index in [0.717, 1.165) is 57.3 Å². The molecule has 1 aromatic rings. The minimum atomic E-state index is 0.135. The molecular formula is C20H30N2O2. The third-order valence-corrected chi connectivity index (χ3v) is 5.13. The predicted molar refractivity (Wildman–Crippen MR) is 96.8 cm³/mol. The zero-order valence-electron chi connectivity index (χ0n) is 15.0. The third kappa shape index (κ3) is 5.08. The van der Waals surface area contributed by atoms with Gasteiger partial charge in [0.1, 0.15) is 0 Å². The largest absolute Gasteiger partial charge is 0.356 e. The van der Waals surface area contributed by atoms with E-state index in [0.29, 0.717) is 5.92 Å². The van der Waals surface area contributed by atoms with E-state index in [1.54, 1.807) is 0 Å². The van der Waals surface area contributed by atoms with Gasteiger partial charge in [0.25, 0.3) is 5.91 Å². The average Bonchev–Trinajstić information content (AvgIpc) is 2.63. The van der Waals surface area contributed by atoms with Crippen molar-refractivity contribution in [3.8, 4) is 0 Å². The van der Waals surface area contributed by atoms with E-state index < -0.39 is 0 Å². The molecule has 0 spiro atoms. The number of amides is 2. The van der Waals surface area contributed by atoms with Crippen LogP contribution in [-0.4, -0.2) is 36.3 Å². The highest BCUT2D eigenvalue weighted by molar-refractivity contribution is 5.94. The first-order valence-corrected chi connectivity index (χ1v) is 9.27. The number of nitrogens with one attached hydrogen (secondary N) is 1. The van der Waals surface area contributed by atoms with Crippen molar-refractivity contribution in [1.82, 2.24) is 10.2 Å². The number of piperidine rings is 1. The molecule has 24 heavy (non-hydrogen) atoms. The van der Waals surface area contributed by atoms with Crippen LogP contribution in [0.2, 0.25) is 0 Å². The molecule has 132 valence electrons. The van der Waals surface area contributed by atoms with Gasteiger partial charge in [0.05, 0.1) is 0 Å². The molecule has 0 radical (unpaired) electrons. The Balaban J connectivity index is 1.70. The second-order valence-electron chi connectivity index (χ2n) is 6.69. The van der Waals surface area contributed by atoms with Crippen molar-refractivity contribution in [2.45, 2.75) is 46.0 Å². The Bertz CT molecular complexity index is 518. The molecule has 0 aliphatic carbocycles. The SMILES string of the molecule is CCC(CC)C(=O)NCCC1CCN(C(=O)c2ccccc2)CC1. The van der Waals surface area contributed by atoms with E-state index >= 15 is 0 Å². The van der Waals surface area contributed by atoms with Crippen molar-refractivity contribution in [2.75, 3.05) is 19.6 Å². The summed E-state index contributed by atoms with van der Waals surface area (Å²) >= 11 is 0. The molecule has 4 nitrogen and oxygen atoms in total. The van der Waals surface area contributed by atoms with E-state index in [1.807, 2.05) is 35.2 Å². The summed E-state index contributed by atoms with van der Waals surface area (Å²) in [5.74, 6) is 1.08. The summed E-state index contributed by atoms with van der Waals surface area (Å²) in [4.78, 5) is 26.4. The minimum Gasteiger partial charge on any atom is -0.356 e. The van der Waals surface area contributed by atoms with Crippen LogP contribution in [0.25, 0.3) is 0 Å². The fourth-order valence-corrected chi connectivity index (χ4v) is 3.39. The second-order valence-corrected chi connectivity index (χ2v) is 6.69. The smallest absolute Gasteiger partial charge is 0.253 e. The van der Waals surface area contributed by atoms with Crippen molar-refractivity contribution in [3.63, 3.8) is 0 Å². The van der Waals surface area contributed by atoms with Crippen LogP contribution in [0.4, 0.5) is 0 Å². The van der Waals surface area contributed by atoms with Gasteiger partial charge >= 0.3 is 0 Å². The molecule has 0 bridgehead atoms. The molecule has 1 aliphatic heterocycles. The Morgan fingerprint density at radius 1 is 1.12 bits per heavy atom. The van der Waals surface area contributed by atoms with E-state index in [4.69, 9.17) is 0 Å². The summed E-state index contributed by atoms with van der Waals surface area (Å²) in [6.45, 7) is 6.52. The Morgan fingerprint density at radius 2 is 1.75 bits per heavy atom. The van der Waals surface area contributed by atoms with Gasteiger partial charge in [0.15, 0.2) is 0 Å². The number of nitrogens with zero attached hydrogens (tertiary/aromatic N) is 1. The van der Waals surface area contributed by atoms with Gasteiger partial charge in [0, 0.05) is 31.1 Å². The van der Waals surface area contributed by atoms with Crippen LogP contribution >= 0.6 is 0 Å². The van der Waals surface area contributed by atoms with Crippen LogP contribution in [0.3, 0.4) is 0 Å². The van der Waals surface area contributed by atoms with Crippen LogP contribution in [0.15, 0.2) is 30.3 Å². The highest BCUT2D eigenvalue weighted by atomic mass is 16.2. The number of carbonyl (C=O) groups is 2.